The lowest BCUT2D eigenvalue weighted by molar-refractivity contribution is 0.0600. The number of hydrogen-bond donors (Lipinski definition) is 1. The molecule has 4 aromatic heterocycles. The minimum Gasteiger partial charge on any atom is -0.465 e. The molecule has 0 aliphatic heterocycles. The summed E-state index contributed by atoms with van der Waals surface area (Å²) in [4.78, 5) is 35.4. The standard InChI is InChI=1S/C27H27N7O3S2/c1-3-4-7-24-28-15-21(33(24)16-18-8-10-19(11-9-18)26(36)37-2)25(35)34(27-29-31-32-30-27)17-20-12-13-23(39-20)22-6-5-14-38-22/h5-6,8-15H,3-4,7,16-17H2,1-2H3,(H,29,30,31,32). The summed E-state index contributed by atoms with van der Waals surface area (Å²) >= 11 is 3.31. The molecule has 0 aliphatic rings. The molecule has 0 saturated heterocycles. The second-order valence-electron chi connectivity index (χ2n) is 8.78. The maximum Gasteiger partial charge on any atom is 0.337 e. The molecule has 0 atom stereocenters. The van der Waals surface area contributed by atoms with Crippen molar-refractivity contribution in [2.45, 2.75) is 39.3 Å². The fourth-order valence-corrected chi connectivity index (χ4v) is 5.99. The molecule has 4 heterocycles. The number of thiophene rings is 2. The molecule has 12 heteroatoms. The number of hydrogen-bond acceptors (Lipinski definition) is 9. The minimum atomic E-state index is -0.393. The van der Waals surface area contributed by atoms with E-state index in [0.29, 0.717) is 17.8 Å². The lowest BCUT2D eigenvalue weighted by atomic mass is 10.1. The number of nitrogens with one attached hydrogen (secondary N) is 1. The highest BCUT2D eigenvalue weighted by Crippen LogP contribution is 2.32. The van der Waals surface area contributed by atoms with Gasteiger partial charge in [0.05, 0.1) is 25.4 Å². The third kappa shape index (κ3) is 5.96. The van der Waals surface area contributed by atoms with Gasteiger partial charge in [0.1, 0.15) is 11.5 Å². The van der Waals surface area contributed by atoms with Gasteiger partial charge < -0.3 is 9.30 Å². The van der Waals surface area contributed by atoms with Crippen molar-refractivity contribution < 1.29 is 14.3 Å². The molecular weight excluding hydrogens is 534 g/mol. The maximum atomic E-state index is 14.1. The van der Waals surface area contributed by atoms with Crippen molar-refractivity contribution in [3.8, 4) is 9.75 Å². The van der Waals surface area contributed by atoms with Gasteiger partial charge in [0.2, 0.25) is 0 Å². The van der Waals surface area contributed by atoms with E-state index in [4.69, 9.17) is 4.74 Å². The largest absolute Gasteiger partial charge is 0.465 e. The van der Waals surface area contributed by atoms with Gasteiger partial charge in [-0.25, -0.2) is 9.78 Å². The van der Waals surface area contributed by atoms with Crippen molar-refractivity contribution in [2.24, 2.45) is 0 Å². The van der Waals surface area contributed by atoms with Crippen LogP contribution < -0.4 is 4.90 Å². The third-order valence-electron chi connectivity index (χ3n) is 6.19. The van der Waals surface area contributed by atoms with Crippen LogP contribution in [0.15, 0.2) is 60.1 Å². The number of methoxy groups -OCH3 is 1. The van der Waals surface area contributed by atoms with Crippen LogP contribution in [0.2, 0.25) is 0 Å². The topological polar surface area (TPSA) is 119 Å². The summed E-state index contributed by atoms with van der Waals surface area (Å²) < 4.78 is 6.74. The first-order chi connectivity index (χ1) is 19.1. The predicted octanol–water partition coefficient (Wildman–Crippen LogP) is 5.21. The Balaban J connectivity index is 1.45. The summed E-state index contributed by atoms with van der Waals surface area (Å²) in [6.45, 7) is 2.83. The van der Waals surface area contributed by atoms with Gasteiger partial charge in [-0.1, -0.05) is 36.6 Å². The van der Waals surface area contributed by atoms with Gasteiger partial charge in [-0.3, -0.25) is 9.69 Å². The Morgan fingerprint density at radius 3 is 2.64 bits per heavy atom. The van der Waals surface area contributed by atoms with Crippen molar-refractivity contribution in [3.05, 3.63) is 87.6 Å². The number of carbonyl (C=O) groups is 2. The lowest BCUT2D eigenvalue weighted by Gasteiger charge is -2.19. The first-order valence-corrected chi connectivity index (χ1v) is 14.2. The number of amides is 1. The molecule has 0 unspecified atom stereocenters. The van der Waals surface area contributed by atoms with E-state index in [0.717, 1.165) is 40.4 Å². The normalized spacial score (nSPS) is 11.0. The minimum absolute atomic E-state index is 0.191. The molecule has 5 rings (SSSR count). The summed E-state index contributed by atoms with van der Waals surface area (Å²) in [6.07, 6.45) is 4.31. The van der Waals surface area contributed by atoms with Gasteiger partial charge in [0.15, 0.2) is 0 Å². The SMILES string of the molecule is CCCCc1ncc(C(=O)N(Cc2ccc(-c3cccs3)s2)c2nn[nH]n2)n1Cc1ccc(C(=O)OC)cc1. The predicted molar refractivity (Wildman–Crippen MR) is 150 cm³/mol. The number of esters is 1. The molecule has 10 nitrogen and oxygen atoms in total. The summed E-state index contributed by atoms with van der Waals surface area (Å²) in [7, 11) is 1.36. The zero-order valence-electron chi connectivity index (χ0n) is 21.5. The van der Waals surface area contributed by atoms with Crippen LogP contribution in [-0.4, -0.2) is 49.2 Å². The van der Waals surface area contributed by atoms with Crippen LogP contribution in [0.3, 0.4) is 0 Å². The van der Waals surface area contributed by atoms with Crippen molar-refractivity contribution in [2.75, 3.05) is 12.0 Å². The number of H-pyrrole nitrogens is 1. The number of aromatic amines is 1. The number of aromatic nitrogens is 6. The van der Waals surface area contributed by atoms with Crippen molar-refractivity contribution >= 4 is 40.5 Å². The van der Waals surface area contributed by atoms with Gasteiger partial charge in [-0.05, 0) is 52.9 Å². The van der Waals surface area contributed by atoms with Crippen LogP contribution in [0, 0.1) is 0 Å². The van der Waals surface area contributed by atoms with Crippen LogP contribution in [0.5, 0.6) is 0 Å². The van der Waals surface area contributed by atoms with Gasteiger partial charge >= 0.3 is 5.97 Å². The van der Waals surface area contributed by atoms with E-state index in [1.165, 1.54) is 16.9 Å². The number of benzene rings is 1. The molecule has 5 aromatic rings. The number of imidazole rings is 1. The highest BCUT2D eigenvalue weighted by Gasteiger charge is 2.27. The van der Waals surface area contributed by atoms with Crippen LogP contribution in [-0.2, 0) is 24.2 Å². The monoisotopic (exact) mass is 561 g/mol. The summed E-state index contributed by atoms with van der Waals surface area (Å²) in [5.74, 6) is 0.344. The van der Waals surface area contributed by atoms with Gasteiger partial charge in [-0.15, -0.1) is 27.8 Å². The molecule has 1 aromatic carbocycles. The number of tetrazole rings is 1. The Bertz CT molecular complexity index is 1520. The van der Waals surface area contributed by atoms with Gasteiger partial charge in [0, 0.05) is 27.6 Å². The quantitative estimate of drug-likeness (QED) is 0.220. The number of rotatable bonds is 11. The second-order valence-corrected chi connectivity index (χ2v) is 10.9. The van der Waals surface area contributed by atoms with E-state index in [2.05, 4.69) is 44.7 Å². The second kappa shape index (κ2) is 12.1. The molecular formula is C27H27N7O3S2. The Kier molecular flexibility index (Phi) is 8.23. The zero-order chi connectivity index (χ0) is 27.2. The number of aryl methyl sites for hydroxylation is 1. The smallest absolute Gasteiger partial charge is 0.337 e. The number of unbranched alkanes of at least 4 members (excludes halogenated alkanes) is 1. The summed E-state index contributed by atoms with van der Waals surface area (Å²) in [5.41, 5.74) is 1.82. The summed E-state index contributed by atoms with van der Waals surface area (Å²) in [6, 6.07) is 15.4. The Morgan fingerprint density at radius 1 is 1.10 bits per heavy atom. The number of anilines is 1. The van der Waals surface area contributed by atoms with E-state index >= 15 is 0 Å². The van der Waals surface area contributed by atoms with Gasteiger partial charge in [-0.2, -0.15) is 5.21 Å². The molecule has 39 heavy (non-hydrogen) atoms. The van der Waals surface area contributed by atoms with E-state index < -0.39 is 5.97 Å². The van der Waals surface area contributed by atoms with Gasteiger partial charge in [0.25, 0.3) is 11.9 Å². The van der Waals surface area contributed by atoms with Crippen LogP contribution in [0.1, 0.15) is 56.9 Å². The third-order valence-corrected chi connectivity index (χ3v) is 8.32. The van der Waals surface area contributed by atoms with Crippen molar-refractivity contribution in [1.29, 1.82) is 0 Å². The maximum absolute atomic E-state index is 14.1. The Morgan fingerprint density at radius 2 is 1.95 bits per heavy atom. The molecule has 0 saturated carbocycles. The highest BCUT2D eigenvalue weighted by atomic mass is 32.1. The van der Waals surface area contributed by atoms with Crippen molar-refractivity contribution in [3.63, 3.8) is 0 Å². The molecule has 1 N–H and O–H groups in total. The first-order valence-electron chi connectivity index (χ1n) is 12.5. The molecule has 0 bridgehead atoms. The van der Waals surface area contributed by atoms with Crippen LogP contribution >= 0.6 is 22.7 Å². The number of ether oxygens (including phenoxy) is 1. The molecule has 200 valence electrons. The lowest BCUT2D eigenvalue weighted by Crippen LogP contribution is -2.33. The summed E-state index contributed by atoms with van der Waals surface area (Å²) in [5, 5.41) is 16.4. The fraction of sp³-hybridized carbons (Fsp3) is 0.259. The average Bonchev–Trinajstić information content (AvgIpc) is 3.78. The Hall–Kier alpha value is -4.16. The van der Waals surface area contributed by atoms with E-state index in [-0.39, 0.29) is 18.4 Å². The molecule has 0 radical (unpaired) electrons. The average molecular weight is 562 g/mol. The highest BCUT2D eigenvalue weighted by molar-refractivity contribution is 7.21. The molecule has 0 spiro atoms. The zero-order valence-corrected chi connectivity index (χ0v) is 23.2. The molecule has 1 amide bonds. The molecule has 0 fully saturated rings. The number of nitrogens with zero attached hydrogens (tertiary/aromatic N) is 6. The first kappa shape index (κ1) is 26.4. The molecule has 0 aliphatic carbocycles. The Labute approximate surface area is 233 Å². The fourth-order valence-electron chi connectivity index (χ4n) is 4.15. The van der Waals surface area contributed by atoms with E-state index in [1.54, 1.807) is 41.0 Å². The van der Waals surface area contributed by atoms with Crippen molar-refractivity contribution in [1.82, 2.24) is 30.2 Å². The number of carbonyl (C=O) groups excluding carboxylic acids is 2. The van der Waals surface area contributed by atoms with E-state index in [1.807, 2.05) is 34.2 Å². The van der Waals surface area contributed by atoms with E-state index in [9.17, 15) is 9.59 Å². The van der Waals surface area contributed by atoms with Crippen LogP contribution in [0.25, 0.3) is 9.75 Å². The van der Waals surface area contributed by atoms with Crippen LogP contribution in [0.4, 0.5) is 5.95 Å².